The van der Waals surface area contributed by atoms with E-state index in [4.69, 9.17) is 37.9 Å². The van der Waals surface area contributed by atoms with Gasteiger partial charge in [0.15, 0.2) is 0 Å². The number of ether oxygens (including phenoxy) is 8. The van der Waals surface area contributed by atoms with Gasteiger partial charge in [-0.1, -0.05) is 32.6 Å². The van der Waals surface area contributed by atoms with Crippen LogP contribution in [0, 0.1) is 10.1 Å². The third-order valence-electron chi connectivity index (χ3n) is 5.65. The number of nitro groups is 1. The Kier molecular flexibility index (Phi) is 24.8. The molecule has 0 atom stereocenters. The molecule has 0 unspecified atom stereocenters. The van der Waals surface area contributed by atoms with Crippen molar-refractivity contribution in [2.75, 3.05) is 85.8 Å². The SMILES string of the molecule is CCCCCCCOCCOCCNC(=O)OCCOCCOCCNC(=O)OC/C=C\COC(=O)Oc1ccc([N+](=O)[O-])cc1. The lowest BCUT2D eigenvalue weighted by molar-refractivity contribution is -0.384. The summed E-state index contributed by atoms with van der Waals surface area (Å²) in [7, 11) is 0. The number of nitrogens with one attached hydrogen (secondary N) is 2. The quantitative estimate of drug-likeness (QED) is 0.0261. The van der Waals surface area contributed by atoms with Crippen molar-refractivity contribution in [3.63, 3.8) is 0 Å². The maximum Gasteiger partial charge on any atom is 0.514 e. The number of nitro benzene ring substituents is 1. The molecule has 2 N–H and O–H groups in total. The molecule has 0 aliphatic rings. The highest BCUT2D eigenvalue weighted by Crippen LogP contribution is 2.17. The fraction of sp³-hybridized carbons (Fsp3) is 0.633. The summed E-state index contributed by atoms with van der Waals surface area (Å²) in [5, 5.41) is 15.7. The monoisotopic (exact) mass is 657 g/mol. The largest absolute Gasteiger partial charge is 0.514 e. The smallest absolute Gasteiger partial charge is 0.447 e. The van der Waals surface area contributed by atoms with E-state index in [1.807, 2.05) is 0 Å². The van der Waals surface area contributed by atoms with Gasteiger partial charge in [-0.05, 0) is 30.7 Å². The molecular formula is C30H47N3O13. The minimum atomic E-state index is -0.990. The Morgan fingerprint density at radius 3 is 1.80 bits per heavy atom. The molecule has 1 aromatic rings. The van der Waals surface area contributed by atoms with Crippen LogP contribution in [-0.4, -0.2) is 109 Å². The van der Waals surface area contributed by atoms with Gasteiger partial charge in [0.05, 0.1) is 51.2 Å². The maximum atomic E-state index is 11.6. The van der Waals surface area contributed by atoms with Crippen LogP contribution in [0.25, 0.3) is 0 Å². The summed E-state index contributed by atoms with van der Waals surface area (Å²) >= 11 is 0. The second-order valence-corrected chi connectivity index (χ2v) is 9.34. The summed E-state index contributed by atoms with van der Waals surface area (Å²) in [6.45, 7) is 5.85. The molecule has 0 aliphatic heterocycles. The van der Waals surface area contributed by atoms with Crippen LogP contribution >= 0.6 is 0 Å². The normalized spacial score (nSPS) is 10.8. The number of nitrogens with zero attached hydrogens (tertiary/aromatic N) is 1. The summed E-state index contributed by atoms with van der Waals surface area (Å²) in [6, 6.07) is 4.94. The van der Waals surface area contributed by atoms with Crippen molar-refractivity contribution in [3.8, 4) is 5.75 Å². The van der Waals surface area contributed by atoms with E-state index in [-0.39, 0.29) is 57.6 Å². The Labute approximate surface area is 269 Å². The Morgan fingerprint density at radius 1 is 0.674 bits per heavy atom. The molecule has 0 fully saturated rings. The number of rotatable bonds is 27. The second kappa shape index (κ2) is 28.5. The van der Waals surface area contributed by atoms with Crippen LogP contribution in [-0.2, 0) is 33.2 Å². The van der Waals surface area contributed by atoms with Gasteiger partial charge in [0.25, 0.3) is 5.69 Å². The zero-order valence-electron chi connectivity index (χ0n) is 26.4. The van der Waals surface area contributed by atoms with E-state index in [9.17, 15) is 24.5 Å². The van der Waals surface area contributed by atoms with Gasteiger partial charge >= 0.3 is 18.3 Å². The molecule has 0 heterocycles. The molecule has 0 spiro atoms. The molecular weight excluding hydrogens is 610 g/mol. The standard InChI is InChI=1S/C30H47N3O13/c1-2-3-4-5-6-15-39-20-21-40-19-14-32-29(35)44-25-24-42-23-22-41-18-13-31-28(34)43-16-7-8-17-45-30(36)46-27-11-9-26(10-12-27)33(37)38/h7-12H,2-6,13-25H2,1H3,(H,31,34)(H,32,35)/b8-7-. The number of benzene rings is 1. The Bertz CT molecular complexity index is 993. The topological polar surface area (TPSA) is 192 Å². The fourth-order valence-electron chi connectivity index (χ4n) is 3.34. The van der Waals surface area contributed by atoms with Gasteiger partial charge in [0.1, 0.15) is 25.6 Å². The van der Waals surface area contributed by atoms with Crippen LogP contribution in [0.5, 0.6) is 5.75 Å². The third kappa shape index (κ3) is 24.3. The van der Waals surface area contributed by atoms with Crippen molar-refractivity contribution in [3.05, 3.63) is 46.5 Å². The Hall–Kier alpha value is -3.99. The average molecular weight is 658 g/mol. The highest BCUT2D eigenvalue weighted by molar-refractivity contribution is 5.67. The number of carbonyl (C=O) groups is 3. The van der Waals surface area contributed by atoms with Crippen LogP contribution in [0.1, 0.15) is 39.0 Å². The van der Waals surface area contributed by atoms with Crippen LogP contribution in [0.4, 0.5) is 20.1 Å². The molecule has 0 saturated heterocycles. The minimum absolute atomic E-state index is 0.0516. The van der Waals surface area contributed by atoms with Crippen molar-refractivity contribution in [1.82, 2.24) is 10.6 Å². The molecule has 0 bridgehead atoms. The first-order valence-electron chi connectivity index (χ1n) is 15.3. The zero-order chi connectivity index (χ0) is 33.5. The van der Waals surface area contributed by atoms with Crippen LogP contribution in [0.2, 0.25) is 0 Å². The first kappa shape index (κ1) is 40.0. The van der Waals surface area contributed by atoms with E-state index in [1.165, 1.54) is 62.1 Å². The number of hydrogen-bond donors (Lipinski definition) is 2. The predicted molar refractivity (Wildman–Crippen MR) is 165 cm³/mol. The fourth-order valence-corrected chi connectivity index (χ4v) is 3.34. The number of unbranched alkanes of at least 4 members (excludes halogenated alkanes) is 4. The van der Waals surface area contributed by atoms with Crippen LogP contribution in [0.3, 0.4) is 0 Å². The summed E-state index contributed by atoms with van der Waals surface area (Å²) in [6.07, 6.45) is 6.76. The summed E-state index contributed by atoms with van der Waals surface area (Å²) in [5.41, 5.74) is -0.134. The van der Waals surface area contributed by atoms with Gasteiger partial charge in [-0.2, -0.15) is 0 Å². The molecule has 16 nitrogen and oxygen atoms in total. The average Bonchev–Trinajstić information content (AvgIpc) is 3.04. The zero-order valence-corrected chi connectivity index (χ0v) is 26.4. The van der Waals surface area contributed by atoms with Crippen molar-refractivity contribution in [1.29, 1.82) is 0 Å². The molecule has 16 heteroatoms. The maximum absolute atomic E-state index is 11.6. The Balaban J connectivity index is 1.83. The molecule has 0 radical (unpaired) electrons. The highest BCUT2D eigenvalue weighted by Gasteiger charge is 2.08. The number of non-ortho nitro benzene ring substituents is 1. The molecule has 1 rings (SSSR count). The van der Waals surface area contributed by atoms with Crippen molar-refractivity contribution < 1.29 is 57.2 Å². The number of hydrogen-bond acceptors (Lipinski definition) is 13. The lowest BCUT2D eigenvalue weighted by Crippen LogP contribution is -2.29. The van der Waals surface area contributed by atoms with Crippen molar-refractivity contribution in [2.45, 2.75) is 39.0 Å². The van der Waals surface area contributed by atoms with E-state index in [2.05, 4.69) is 17.6 Å². The van der Waals surface area contributed by atoms with Gasteiger partial charge in [-0.25, -0.2) is 14.4 Å². The summed E-state index contributed by atoms with van der Waals surface area (Å²) < 4.78 is 41.2. The number of carbonyl (C=O) groups excluding carboxylic acids is 3. The van der Waals surface area contributed by atoms with Crippen molar-refractivity contribution >= 4 is 24.0 Å². The molecule has 0 aromatic heterocycles. The van der Waals surface area contributed by atoms with Gasteiger partial charge in [-0.15, -0.1) is 0 Å². The van der Waals surface area contributed by atoms with E-state index in [0.717, 1.165) is 13.0 Å². The van der Waals surface area contributed by atoms with E-state index in [0.29, 0.717) is 33.0 Å². The van der Waals surface area contributed by atoms with E-state index < -0.39 is 23.3 Å². The third-order valence-corrected chi connectivity index (χ3v) is 5.65. The summed E-state index contributed by atoms with van der Waals surface area (Å²) in [4.78, 5) is 44.9. The Morgan fingerprint density at radius 2 is 1.20 bits per heavy atom. The first-order chi connectivity index (χ1) is 22.4. The predicted octanol–water partition coefficient (Wildman–Crippen LogP) is 4.16. The molecule has 0 aliphatic carbocycles. The minimum Gasteiger partial charge on any atom is -0.447 e. The lowest BCUT2D eigenvalue weighted by atomic mass is 10.2. The summed E-state index contributed by atoms with van der Waals surface area (Å²) in [5.74, 6) is 0.0977. The lowest BCUT2D eigenvalue weighted by Gasteiger charge is -2.09. The highest BCUT2D eigenvalue weighted by atomic mass is 16.7. The van der Waals surface area contributed by atoms with Crippen LogP contribution < -0.4 is 15.4 Å². The first-order valence-corrected chi connectivity index (χ1v) is 15.3. The van der Waals surface area contributed by atoms with Gasteiger partial charge in [0.2, 0.25) is 0 Å². The molecule has 0 saturated carbocycles. The van der Waals surface area contributed by atoms with E-state index in [1.54, 1.807) is 0 Å². The molecule has 46 heavy (non-hydrogen) atoms. The van der Waals surface area contributed by atoms with Gasteiger partial charge in [-0.3, -0.25) is 10.1 Å². The van der Waals surface area contributed by atoms with E-state index >= 15 is 0 Å². The van der Waals surface area contributed by atoms with Crippen LogP contribution in [0.15, 0.2) is 36.4 Å². The van der Waals surface area contributed by atoms with Gasteiger partial charge in [0, 0.05) is 31.8 Å². The molecule has 2 amide bonds. The van der Waals surface area contributed by atoms with Gasteiger partial charge < -0.3 is 48.5 Å². The molecule has 260 valence electrons. The number of alkyl carbamates (subject to hydrolysis) is 2. The second-order valence-electron chi connectivity index (χ2n) is 9.34. The molecule has 1 aromatic carbocycles. The van der Waals surface area contributed by atoms with Crippen molar-refractivity contribution in [2.24, 2.45) is 0 Å². The number of amides is 2.